The van der Waals surface area contributed by atoms with Crippen LogP contribution in [0.5, 0.6) is 5.75 Å². The third-order valence-corrected chi connectivity index (χ3v) is 4.72. The highest BCUT2D eigenvalue weighted by Crippen LogP contribution is 2.28. The first kappa shape index (κ1) is 17.0. The van der Waals surface area contributed by atoms with Crippen LogP contribution in [0.25, 0.3) is 22.3 Å². The number of aromatic nitrogens is 2. The normalized spacial score (nSPS) is 10.8. The minimum absolute atomic E-state index is 0.683. The van der Waals surface area contributed by atoms with Gasteiger partial charge in [-0.15, -0.1) is 0 Å². The maximum atomic E-state index is 5.25. The Kier molecular flexibility index (Phi) is 4.47. The molecular formula is C23H21N3O. The molecule has 0 aliphatic rings. The van der Waals surface area contributed by atoms with Crippen LogP contribution in [0.15, 0.2) is 66.7 Å². The van der Waals surface area contributed by atoms with Gasteiger partial charge in [0, 0.05) is 16.6 Å². The van der Waals surface area contributed by atoms with E-state index in [4.69, 9.17) is 14.7 Å². The standard InChI is InChI=1S/C23H21N3O/c1-15-8-11-18(14-16(15)2)24-23-20-6-4-5-7-21(20)25-22(26-23)17-9-12-19(27-3)13-10-17/h4-14H,1-3H3,(H,24,25,26). The van der Waals surface area contributed by atoms with Crippen LogP contribution in [-0.4, -0.2) is 17.1 Å². The first-order valence-electron chi connectivity index (χ1n) is 8.89. The molecule has 4 aromatic rings. The Morgan fingerprint density at radius 3 is 2.33 bits per heavy atom. The largest absolute Gasteiger partial charge is 0.497 e. The van der Waals surface area contributed by atoms with Gasteiger partial charge in [-0.1, -0.05) is 18.2 Å². The molecule has 1 N–H and O–H groups in total. The maximum absolute atomic E-state index is 5.25. The highest BCUT2D eigenvalue weighted by molar-refractivity contribution is 5.92. The van der Waals surface area contributed by atoms with E-state index in [1.807, 2.05) is 48.5 Å². The predicted octanol–water partition coefficient (Wildman–Crippen LogP) is 5.67. The lowest BCUT2D eigenvalue weighted by Gasteiger charge is -2.12. The molecular weight excluding hydrogens is 334 g/mol. The summed E-state index contributed by atoms with van der Waals surface area (Å²) in [5, 5.41) is 4.47. The average molecular weight is 355 g/mol. The molecule has 27 heavy (non-hydrogen) atoms. The number of rotatable bonds is 4. The second-order valence-corrected chi connectivity index (χ2v) is 6.57. The molecule has 4 nitrogen and oxygen atoms in total. The fraction of sp³-hybridized carbons (Fsp3) is 0.130. The fourth-order valence-corrected chi connectivity index (χ4v) is 3.00. The summed E-state index contributed by atoms with van der Waals surface area (Å²) in [4.78, 5) is 9.55. The van der Waals surface area contributed by atoms with Crippen molar-refractivity contribution in [3.63, 3.8) is 0 Å². The second kappa shape index (κ2) is 7.08. The molecule has 0 radical (unpaired) electrons. The zero-order valence-electron chi connectivity index (χ0n) is 15.7. The van der Waals surface area contributed by atoms with Gasteiger partial charge >= 0.3 is 0 Å². The van der Waals surface area contributed by atoms with E-state index in [0.29, 0.717) is 5.82 Å². The maximum Gasteiger partial charge on any atom is 0.162 e. The van der Waals surface area contributed by atoms with Gasteiger partial charge in [0.25, 0.3) is 0 Å². The van der Waals surface area contributed by atoms with Crippen molar-refractivity contribution in [1.29, 1.82) is 0 Å². The molecule has 0 saturated heterocycles. The summed E-state index contributed by atoms with van der Waals surface area (Å²) >= 11 is 0. The van der Waals surface area contributed by atoms with Crippen molar-refractivity contribution in [2.24, 2.45) is 0 Å². The molecule has 4 heteroatoms. The molecule has 0 fully saturated rings. The number of methoxy groups -OCH3 is 1. The number of hydrogen-bond donors (Lipinski definition) is 1. The van der Waals surface area contributed by atoms with E-state index in [9.17, 15) is 0 Å². The minimum atomic E-state index is 0.683. The van der Waals surface area contributed by atoms with Crippen molar-refractivity contribution in [3.05, 3.63) is 77.9 Å². The van der Waals surface area contributed by atoms with Crippen LogP contribution >= 0.6 is 0 Å². The van der Waals surface area contributed by atoms with E-state index in [1.165, 1.54) is 11.1 Å². The van der Waals surface area contributed by atoms with Crippen LogP contribution in [0.2, 0.25) is 0 Å². The van der Waals surface area contributed by atoms with Gasteiger partial charge in [-0.2, -0.15) is 0 Å². The number of nitrogens with zero attached hydrogens (tertiary/aromatic N) is 2. The lowest BCUT2D eigenvalue weighted by atomic mass is 10.1. The first-order chi connectivity index (χ1) is 13.1. The Labute approximate surface area is 158 Å². The molecule has 0 aliphatic heterocycles. The van der Waals surface area contributed by atoms with Gasteiger partial charge in [0.2, 0.25) is 0 Å². The highest BCUT2D eigenvalue weighted by atomic mass is 16.5. The van der Waals surface area contributed by atoms with Crippen molar-refractivity contribution in [1.82, 2.24) is 9.97 Å². The lowest BCUT2D eigenvalue weighted by molar-refractivity contribution is 0.415. The summed E-state index contributed by atoms with van der Waals surface area (Å²) in [7, 11) is 1.66. The van der Waals surface area contributed by atoms with E-state index in [-0.39, 0.29) is 0 Å². The smallest absolute Gasteiger partial charge is 0.162 e. The summed E-state index contributed by atoms with van der Waals surface area (Å²) in [5.74, 6) is 2.30. The summed E-state index contributed by atoms with van der Waals surface area (Å²) in [6.07, 6.45) is 0. The zero-order valence-corrected chi connectivity index (χ0v) is 15.7. The molecule has 0 unspecified atom stereocenters. The molecule has 0 atom stereocenters. The predicted molar refractivity (Wildman–Crippen MR) is 111 cm³/mol. The van der Waals surface area contributed by atoms with Crippen LogP contribution in [0, 0.1) is 13.8 Å². The Bertz CT molecular complexity index is 1100. The quantitative estimate of drug-likeness (QED) is 0.513. The average Bonchev–Trinajstić information content (AvgIpc) is 2.71. The van der Waals surface area contributed by atoms with Crippen LogP contribution in [-0.2, 0) is 0 Å². The van der Waals surface area contributed by atoms with Gasteiger partial charge in [0.1, 0.15) is 11.6 Å². The van der Waals surface area contributed by atoms with E-state index in [0.717, 1.165) is 33.7 Å². The fourth-order valence-electron chi connectivity index (χ4n) is 3.00. The summed E-state index contributed by atoms with van der Waals surface area (Å²) in [6.45, 7) is 4.22. The molecule has 4 rings (SSSR count). The number of benzene rings is 3. The SMILES string of the molecule is COc1ccc(-c2nc(Nc3ccc(C)c(C)c3)c3ccccc3n2)cc1. The lowest BCUT2D eigenvalue weighted by Crippen LogP contribution is -2.00. The third kappa shape index (κ3) is 3.47. The third-order valence-electron chi connectivity index (χ3n) is 4.72. The van der Waals surface area contributed by atoms with E-state index >= 15 is 0 Å². The van der Waals surface area contributed by atoms with Gasteiger partial charge in [-0.3, -0.25) is 0 Å². The monoisotopic (exact) mass is 355 g/mol. The Morgan fingerprint density at radius 1 is 0.815 bits per heavy atom. The molecule has 3 aromatic carbocycles. The van der Waals surface area contributed by atoms with Crippen LogP contribution in [0.3, 0.4) is 0 Å². The molecule has 1 heterocycles. The van der Waals surface area contributed by atoms with Crippen molar-refractivity contribution in [3.8, 4) is 17.1 Å². The van der Waals surface area contributed by atoms with E-state index in [2.05, 4.69) is 37.4 Å². The van der Waals surface area contributed by atoms with Crippen molar-refractivity contribution >= 4 is 22.4 Å². The van der Waals surface area contributed by atoms with Crippen LogP contribution < -0.4 is 10.1 Å². The molecule has 0 spiro atoms. The van der Waals surface area contributed by atoms with Crippen molar-refractivity contribution < 1.29 is 4.74 Å². The minimum Gasteiger partial charge on any atom is -0.497 e. The van der Waals surface area contributed by atoms with Crippen molar-refractivity contribution in [2.45, 2.75) is 13.8 Å². The number of nitrogens with one attached hydrogen (secondary N) is 1. The first-order valence-corrected chi connectivity index (χ1v) is 8.89. The second-order valence-electron chi connectivity index (χ2n) is 6.57. The summed E-state index contributed by atoms with van der Waals surface area (Å²) in [5.41, 5.74) is 5.39. The van der Waals surface area contributed by atoms with E-state index < -0.39 is 0 Å². The topological polar surface area (TPSA) is 47.0 Å². The van der Waals surface area contributed by atoms with Crippen LogP contribution in [0.4, 0.5) is 11.5 Å². The molecule has 1 aromatic heterocycles. The van der Waals surface area contributed by atoms with Gasteiger partial charge in [-0.05, 0) is 73.5 Å². The summed E-state index contributed by atoms with van der Waals surface area (Å²) in [6, 6.07) is 22.2. The summed E-state index contributed by atoms with van der Waals surface area (Å²) < 4.78 is 5.25. The number of aryl methyl sites for hydroxylation is 2. The molecule has 0 aliphatic carbocycles. The van der Waals surface area contributed by atoms with Crippen molar-refractivity contribution in [2.75, 3.05) is 12.4 Å². The Balaban J connectivity index is 1.81. The highest BCUT2D eigenvalue weighted by Gasteiger charge is 2.10. The number of para-hydroxylation sites is 1. The van der Waals surface area contributed by atoms with Gasteiger partial charge in [0.15, 0.2) is 5.82 Å². The molecule has 134 valence electrons. The number of hydrogen-bond acceptors (Lipinski definition) is 4. The Hall–Kier alpha value is -3.40. The molecule has 0 amide bonds. The number of fused-ring (bicyclic) bond motifs is 1. The van der Waals surface area contributed by atoms with Gasteiger partial charge < -0.3 is 10.1 Å². The number of ether oxygens (including phenoxy) is 1. The molecule has 0 saturated carbocycles. The number of anilines is 2. The van der Waals surface area contributed by atoms with Gasteiger partial charge in [-0.25, -0.2) is 9.97 Å². The molecule has 0 bridgehead atoms. The Morgan fingerprint density at radius 2 is 1.59 bits per heavy atom. The van der Waals surface area contributed by atoms with Gasteiger partial charge in [0.05, 0.1) is 12.6 Å². The van der Waals surface area contributed by atoms with E-state index in [1.54, 1.807) is 7.11 Å². The van der Waals surface area contributed by atoms with Crippen LogP contribution in [0.1, 0.15) is 11.1 Å². The zero-order chi connectivity index (χ0) is 18.8.